The minimum atomic E-state index is -0.173. The molecule has 0 radical (unpaired) electrons. The van der Waals surface area contributed by atoms with Crippen molar-refractivity contribution in [3.8, 4) is 0 Å². The number of carbonyl (C=O) groups excluding carboxylic acids is 1. The van der Waals surface area contributed by atoms with E-state index in [1.54, 1.807) is 6.08 Å². The molecule has 0 aliphatic carbocycles. The minimum absolute atomic E-state index is 0.109. The van der Waals surface area contributed by atoms with Crippen molar-refractivity contribution in [3.63, 3.8) is 0 Å². The van der Waals surface area contributed by atoms with E-state index in [0.717, 1.165) is 22.3 Å². The highest BCUT2D eigenvalue weighted by Crippen LogP contribution is 2.21. The molecule has 130 valence electrons. The molecule has 0 spiro atoms. The standard InChI is InChI=1S/C24H23NO/c1-18-13-14-20(19(2)17-18)15-16-23(26)25-24(21-9-5-3-6-10-21)22-11-7-4-8-12-22/h3-17,24H,1-2H3,(H,25,26)/b16-15+. The molecule has 0 unspecified atom stereocenters. The van der Waals surface area contributed by atoms with Gasteiger partial charge in [-0.2, -0.15) is 0 Å². The second-order valence-electron chi connectivity index (χ2n) is 6.46. The third-order valence-electron chi connectivity index (χ3n) is 4.39. The van der Waals surface area contributed by atoms with Crippen LogP contribution in [0.2, 0.25) is 0 Å². The SMILES string of the molecule is Cc1ccc(/C=C/C(=O)NC(c2ccccc2)c2ccccc2)c(C)c1. The van der Waals surface area contributed by atoms with Crippen LogP contribution in [0.3, 0.4) is 0 Å². The first-order valence-electron chi connectivity index (χ1n) is 8.79. The predicted octanol–water partition coefficient (Wildman–Crippen LogP) is 5.22. The van der Waals surface area contributed by atoms with Crippen LogP contribution in [0.1, 0.15) is 33.9 Å². The van der Waals surface area contributed by atoms with E-state index in [0.29, 0.717) is 0 Å². The van der Waals surface area contributed by atoms with Gasteiger partial charge in [-0.05, 0) is 42.2 Å². The van der Waals surface area contributed by atoms with E-state index < -0.39 is 0 Å². The van der Waals surface area contributed by atoms with Crippen LogP contribution >= 0.6 is 0 Å². The normalized spacial score (nSPS) is 11.0. The first-order valence-corrected chi connectivity index (χ1v) is 8.79. The number of benzene rings is 3. The molecule has 0 aliphatic rings. The van der Waals surface area contributed by atoms with Gasteiger partial charge in [0.2, 0.25) is 5.91 Å². The third kappa shape index (κ3) is 4.48. The van der Waals surface area contributed by atoms with E-state index >= 15 is 0 Å². The van der Waals surface area contributed by atoms with Gasteiger partial charge >= 0.3 is 0 Å². The first-order chi connectivity index (χ1) is 12.6. The van der Waals surface area contributed by atoms with Gasteiger partial charge in [-0.15, -0.1) is 0 Å². The molecule has 0 bridgehead atoms. The molecule has 0 saturated heterocycles. The Kier molecular flexibility index (Phi) is 5.65. The molecule has 0 heterocycles. The summed E-state index contributed by atoms with van der Waals surface area (Å²) >= 11 is 0. The van der Waals surface area contributed by atoms with Crippen LogP contribution in [0, 0.1) is 13.8 Å². The summed E-state index contributed by atoms with van der Waals surface area (Å²) in [6, 6.07) is 26.1. The minimum Gasteiger partial charge on any atom is -0.342 e. The largest absolute Gasteiger partial charge is 0.342 e. The van der Waals surface area contributed by atoms with Crippen LogP contribution in [0.15, 0.2) is 84.9 Å². The Balaban J connectivity index is 1.80. The van der Waals surface area contributed by atoms with Crippen molar-refractivity contribution in [2.45, 2.75) is 19.9 Å². The van der Waals surface area contributed by atoms with Gasteiger partial charge in [-0.3, -0.25) is 4.79 Å². The molecule has 2 nitrogen and oxygen atoms in total. The summed E-state index contributed by atoms with van der Waals surface area (Å²) in [6.07, 6.45) is 3.48. The molecule has 3 rings (SSSR count). The summed E-state index contributed by atoms with van der Waals surface area (Å²) in [5.41, 5.74) is 5.56. The lowest BCUT2D eigenvalue weighted by atomic mass is 9.98. The molecule has 2 heteroatoms. The molecule has 0 fully saturated rings. The molecule has 3 aromatic rings. The highest BCUT2D eigenvalue weighted by Gasteiger charge is 2.15. The fourth-order valence-electron chi connectivity index (χ4n) is 3.02. The first kappa shape index (κ1) is 17.7. The second-order valence-corrected chi connectivity index (χ2v) is 6.46. The topological polar surface area (TPSA) is 29.1 Å². The molecule has 0 aromatic heterocycles. The summed E-state index contributed by atoms with van der Waals surface area (Å²) in [7, 11) is 0. The lowest BCUT2D eigenvalue weighted by Crippen LogP contribution is -2.27. The number of aryl methyl sites for hydroxylation is 2. The van der Waals surface area contributed by atoms with Crippen LogP contribution in [0.5, 0.6) is 0 Å². The monoisotopic (exact) mass is 341 g/mol. The Labute approximate surface area is 155 Å². The van der Waals surface area contributed by atoms with Crippen molar-refractivity contribution in [3.05, 3.63) is 113 Å². The molecular weight excluding hydrogens is 318 g/mol. The van der Waals surface area contributed by atoms with Crippen molar-refractivity contribution in [1.29, 1.82) is 0 Å². The van der Waals surface area contributed by atoms with E-state index in [1.165, 1.54) is 5.56 Å². The fourth-order valence-corrected chi connectivity index (χ4v) is 3.02. The summed E-state index contributed by atoms with van der Waals surface area (Å²) in [6.45, 7) is 4.12. The summed E-state index contributed by atoms with van der Waals surface area (Å²) in [4.78, 5) is 12.6. The van der Waals surface area contributed by atoms with Gasteiger partial charge < -0.3 is 5.32 Å². The maximum atomic E-state index is 12.6. The average molecular weight is 341 g/mol. The number of rotatable bonds is 5. The quantitative estimate of drug-likeness (QED) is 0.633. The average Bonchev–Trinajstić information content (AvgIpc) is 2.67. The van der Waals surface area contributed by atoms with Crippen LogP contribution in [-0.2, 0) is 4.79 Å². The molecule has 1 N–H and O–H groups in total. The van der Waals surface area contributed by atoms with Crippen molar-refractivity contribution in [1.82, 2.24) is 5.32 Å². The zero-order valence-corrected chi connectivity index (χ0v) is 15.1. The zero-order valence-electron chi connectivity index (χ0n) is 15.1. The van der Waals surface area contributed by atoms with E-state index in [4.69, 9.17) is 0 Å². The van der Waals surface area contributed by atoms with Gasteiger partial charge in [0.15, 0.2) is 0 Å². The van der Waals surface area contributed by atoms with Gasteiger partial charge in [0.25, 0.3) is 0 Å². The zero-order chi connectivity index (χ0) is 18.4. The molecule has 0 atom stereocenters. The van der Waals surface area contributed by atoms with Crippen molar-refractivity contribution in [2.24, 2.45) is 0 Å². The molecular formula is C24H23NO. The second kappa shape index (κ2) is 8.30. The van der Waals surface area contributed by atoms with Crippen molar-refractivity contribution in [2.75, 3.05) is 0 Å². The number of hydrogen-bond donors (Lipinski definition) is 1. The van der Waals surface area contributed by atoms with Gasteiger partial charge in [-0.1, -0.05) is 84.4 Å². The lowest BCUT2D eigenvalue weighted by molar-refractivity contribution is -0.116. The van der Waals surface area contributed by atoms with Crippen molar-refractivity contribution >= 4 is 12.0 Å². The smallest absolute Gasteiger partial charge is 0.244 e. The maximum absolute atomic E-state index is 12.6. The Hall–Kier alpha value is -3.13. The summed E-state index contributed by atoms with van der Waals surface area (Å²) in [5.74, 6) is -0.109. The number of carbonyl (C=O) groups is 1. The highest BCUT2D eigenvalue weighted by molar-refractivity contribution is 5.92. The van der Waals surface area contributed by atoms with E-state index in [1.807, 2.05) is 72.8 Å². The molecule has 3 aromatic carbocycles. The van der Waals surface area contributed by atoms with Gasteiger partial charge in [0, 0.05) is 6.08 Å². The number of nitrogens with one attached hydrogen (secondary N) is 1. The van der Waals surface area contributed by atoms with Crippen LogP contribution < -0.4 is 5.32 Å². The van der Waals surface area contributed by atoms with Crippen molar-refractivity contribution < 1.29 is 4.79 Å². The Morgan fingerprint density at radius 1 is 0.846 bits per heavy atom. The molecule has 1 amide bonds. The molecule has 0 saturated carbocycles. The van der Waals surface area contributed by atoms with E-state index in [-0.39, 0.29) is 11.9 Å². The third-order valence-corrected chi connectivity index (χ3v) is 4.39. The van der Waals surface area contributed by atoms with Crippen LogP contribution in [0.25, 0.3) is 6.08 Å². The molecule has 0 aliphatic heterocycles. The fraction of sp³-hybridized carbons (Fsp3) is 0.125. The number of hydrogen-bond acceptors (Lipinski definition) is 1. The Morgan fingerprint density at radius 2 is 1.42 bits per heavy atom. The maximum Gasteiger partial charge on any atom is 0.244 e. The Bertz CT molecular complexity index is 859. The summed E-state index contributed by atoms with van der Waals surface area (Å²) in [5, 5.41) is 3.12. The molecule has 26 heavy (non-hydrogen) atoms. The highest BCUT2D eigenvalue weighted by atomic mass is 16.1. The predicted molar refractivity (Wildman–Crippen MR) is 108 cm³/mol. The van der Waals surface area contributed by atoms with Crippen LogP contribution in [0.4, 0.5) is 0 Å². The van der Waals surface area contributed by atoms with Crippen LogP contribution in [-0.4, -0.2) is 5.91 Å². The van der Waals surface area contributed by atoms with Gasteiger partial charge in [0.05, 0.1) is 6.04 Å². The Morgan fingerprint density at radius 3 is 1.96 bits per heavy atom. The summed E-state index contributed by atoms with van der Waals surface area (Å²) < 4.78 is 0. The van der Waals surface area contributed by atoms with E-state index in [9.17, 15) is 4.79 Å². The lowest BCUT2D eigenvalue weighted by Gasteiger charge is -2.19. The van der Waals surface area contributed by atoms with Gasteiger partial charge in [-0.25, -0.2) is 0 Å². The van der Waals surface area contributed by atoms with Gasteiger partial charge in [0.1, 0.15) is 0 Å². The number of amides is 1. The van der Waals surface area contributed by atoms with E-state index in [2.05, 4.69) is 31.3 Å².